The Kier molecular flexibility index (Phi) is 3.20. The Morgan fingerprint density at radius 1 is 1.30 bits per heavy atom. The van der Waals surface area contributed by atoms with E-state index in [-0.39, 0.29) is 12.6 Å². The van der Waals surface area contributed by atoms with Gasteiger partial charge in [0.15, 0.2) is 22.0 Å². The molecule has 1 atom stereocenters. The molecule has 1 aromatic carbocycles. The highest BCUT2D eigenvalue weighted by Gasteiger charge is 2.26. The quantitative estimate of drug-likeness (QED) is 0.806. The molecule has 0 radical (unpaired) electrons. The molecule has 0 saturated heterocycles. The summed E-state index contributed by atoms with van der Waals surface area (Å²) in [5.41, 5.74) is 0.907. The molecule has 20 heavy (non-hydrogen) atoms. The van der Waals surface area contributed by atoms with Crippen molar-refractivity contribution in [2.75, 3.05) is 6.79 Å². The third-order valence-electron chi connectivity index (χ3n) is 3.00. The molecule has 5 nitrogen and oxygen atoms in total. The minimum Gasteiger partial charge on any atom is -0.457 e. The van der Waals surface area contributed by atoms with Crippen molar-refractivity contribution in [1.82, 2.24) is 0 Å². The molecular weight excluding hydrogens is 326 g/mol. The third kappa shape index (κ3) is 2.06. The van der Waals surface area contributed by atoms with Gasteiger partial charge in [0.2, 0.25) is 6.79 Å². The van der Waals surface area contributed by atoms with Crippen LogP contribution in [0.2, 0.25) is 0 Å². The molecule has 1 aromatic heterocycles. The molecule has 3 rings (SSSR count). The van der Waals surface area contributed by atoms with Gasteiger partial charge in [-0.3, -0.25) is 4.79 Å². The molecule has 0 amide bonds. The fraction of sp³-hybridized carbons (Fsp3) is 0.143. The largest absolute Gasteiger partial charge is 0.457 e. The molecule has 100 valence electrons. The minimum absolute atomic E-state index is 0.150. The Morgan fingerprint density at radius 2 is 2.10 bits per heavy atom. The van der Waals surface area contributed by atoms with Crippen LogP contribution in [0.4, 0.5) is 0 Å². The Labute approximate surface area is 122 Å². The lowest BCUT2D eigenvalue weighted by molar-refractivity contribution is 0.0977. The van der Waals surface area contributed by atoms with E-state index in [9.17, 15) is 10.1 Å². The van der Waals surface area contributed by atoms with Crippen LogP contribution in [0, 0.1) is 11.3 Å². The van der Waals surface area contributed by atoms with Crippen LogP contribution in [-0.2, 0) is 0 Å². The van der Waals surface area contributed by atoms with E-state index in [1.165, 1.54) is 12.3 Å². The Bertz CT molecular complexity index is 716. The molecule has 0 spiro atoms. The summed E-state index contributed by atoms with van der Waals surface area (Å²) in [6, 6.07) is 8.58. The normalized spacial score (nSPS) is 13.8. The van der Waals surface area contributed by atoms with Gasteiger partial charge in [0.05, 0.1) is 17.9 Å². The second kappa shape index (κ2) is 5.02. The zero-order valence-electron chi connectivity index (χ0n) is 10.1. The van der Waals surface area contributed by atoms with E-state index in [0.717, 1.165) is 0 Å². The zero-order chi connectivity index (χ0) is 14.1. The lowest BCUT2D eigenvalue weighted by Gasteiger charge is -2.08. The number of ketones is 1. The fourth-order valence-electron chi connectivity index (χ4n) is 2.00. The maximum atomic E-state index is 12.4. The number of fused-ring (bicyclic) bond motifs is 1. The minimum atomic E-state index is -0.918. The highest BCUT2D eigenvalue weighted by atomic mass is 79.9. The molecule has 0 fully saturated rings. The summed E-state index contributed by atoms with van der Waals surface area (Å²) in [6.45, 7) is 0.150. The number of carbonyl (C=O) groups is 1. The standard InChI is InChI=1S/C14H8BrNO4/c15-14-9(3-4-18-14)13(17)10(6-16)8-1-2-11-12(5-8)20-7-19-11/h1-5,10H,7H2. The number of benzene rings is 1. The summed E-state index contributed by atoms with van der Waals surface area (Å²) in [5, 5.41) is 9.30. The van der Waals surface area contributed by atoms with Gasteiger partial charge in [-0.15, -0.1) is 0 Å². The summed E-state index contributed by atoms with van der Waals surface area (Å²) in [7, 11) is 0. The smallest absolute Gasteiger partial charge is 0.231 e. The molecular formula is C14H8BrNO4. The van der Waals surface area contributed by atoms with Crippen LogP contribution < -0.4 is 9.47 Å². The average molecular weight is 334 g/mol. The SMILES string of the molecule is N#CC(C(=O)c1ccoc1Br)c1ccc2c(c1)OCO2. The number of Topliss-reactive ketones (excluding diaryl/α,β-unsaturated/α-hetero) is 1. The van der Waals surface area contributed by atoms with E-state index >= 15 is 0 Å². The molecule has 0 aliphatic carbocycles. The van der Waals surface area contributed by atoms with E-state index in [0.29, 0.717) is 27.3 Å². The number of furan rings is 1. The molecule has 2 heterocycles. The zero-order valence-corrected chi connectivity index (χ0v) is 11.7. The van der Waals surface area contributed by atoms with Crippen molar-refractivity contribution < 1.29 is 18.7 Å². The average Bonchev–Trinajstić information content (AvgIpc) is 3.07. The van der Waals surface area contributed by atoms with Gasteiger partial charge in [-0.2, -0.15) is 5.26 Å². The summed E-state index contributed by atoms with van der Waals surface area (Å²) >= 11 is 3.15. The van der Waals surface area contributed by atoms with Gasteiger partial charge in [0.25, 0.3) is 0 Å². The van der Waals surface area contributed by atoms with E-state index in [1.54, 1.807) is 18.2 Å². The monoisotopic (exact) mass is 333 g/mol. The van der Waals surface area contributed by atoms with Crippen LogP contribution in [0.15, 0.2) is 39.6 Å². The highest BCUT2D eigenvalue weighted by Crippen LogP contribution is 2.35. The molecule has 0 saturated carbocycles. The number of halogens is 1. The molecule has 2 aromatic rings. The van der Waals surface area contributed by atoms with Crippen molar-refractivity contribution in [2.24, 2.45) is 0 Å². The molecule has 0 N–H and O–H groups in total. The van der Waals surface area contributed by atoms with Gasteiger partial charge >= 0.3 is 0 Å². The van der Waals surface area contributed by atoms with Crippen LogP contribution >= 0.6 is 15.9 Å². The van der Waals surface area contributed by atoms with Gasteiger partial charge in [0.1, 0.15) is 5.92 Å². The number of nitrogens with zero attached hydrogens (tertiary/aromatic N) is 1. The number of hydrogen-bond acceptors (Lipinski definition) is 5. The Balaban J connectivity index is 1.97. The first-order valence-corrected chi connectivity index (χ1v) is 6.56. The third-order valence-corrected chi connectivity index (χ3v) is 3.62. The van der Waals surface area contributed by atoms with Crippen molar-refractivity contribution in [2.45, 2.75) is 5.92 Å². The summed E-state index contributed by atoms with van der Waals surface area (Å²) in [4.78, 5) is 12.4. The van der Waals surface area contributed by atoms with E-state index in [2.05, 4.69) is 15.9 Å². The Morgan fingerprint density at radius 3 is 2.80 bits per heavy atom. The van der Waals surface area contributed by atoms with Gasteiger partial charge < -0.3 is 13.9 Å². The van der Waals surface area contributed by atoms with E-state index in [4.69, 9.17) is 13.9 Å². The lowest BCUT2D eigenvalue weighted by atomic mass is 9.93. The molecule has 6 heteroatoms. The molecule has 0 bridgehead atoms. The number of carbonyl (C=O) groups excluding carboxylic acids is 1. The lowest BCUT2D eigenvalue weighted by Crippen LogP contribution is -2.11. The van der Waals surface area contributed by atoms with Gasteiger partial charge in [-0.05, 0) is 39.7 Å². The predicted octanol–water partition coefficient (Wildman–Crippen LogP) is 3.26. The van der Waals surface area contributed by atoms with Crippen LogP contribution in [0.5, 0.6) is 11.5 Å². The van der Waals surface area contributed by atoms with Gasteiger partial charge in [0, 0.05) is 0 Å². The number of ether oxygens (including phenoxy) is 2. The summed E-state index contributed by atoms with van der Waals surface area (Å²) in [6.07, 6.45) is 1.39. The molecule has 1 aliphatic rings. The first kappa shape index (κ1) is 12.8. The predicted molar refractivity (Wildman–Crippen MR) is 71.7 cm³/mol. The second-order valence-electron chi connectivity index (χ2n) is 4.15. The van der Waals surface area contributed by atoms with Gasteiger partial charge in [-0.25, -0.2) is 0 Å². The van der Waals surface area contributed by atoms with Crippen LogP contribution in [0.1, 0.15) is 21.8 Å². The van der Waals surface area contributed by atoms with Crippen molar-refractivity contribution in [3.8, 4) is 17.6 Å². The maximum Gasteiger partial charge on any atom is 0.231 e. The van der Waals surface area contributed by atoms with Crippen LogP contribution in [0.25, 0.3) is 0 Å². The van der Waals surface area contributed by atoms with Crippen molar-refractivity contribution >= 4 is 21.7 Å². The first-order chi connectivity index (χ1) is 9.70. The van der Waals surface area contributed by atoms with Crippen molar-refractivity contribution in [3.05, 3.63) is 46.3 Å². The summed E-state index contributed by atoms with van der Waals surface area (Å²) in [5.74, 6) is -0.0884. The number of nitriles is 1. The number of rotatable bonds is 3. The number of hydrogen-bond donors (Lipinski definition) is 0. The highest BCUT2D eigenvalue weighted by molar-refractivity contribution is 9.10. The molecule has 1 aliphatic heterocycles. The van der Waals surface area contributed by atoms with E-state index in [1.807, 2.05) is 6.07 Å². The van der Waals surface area contributed by atoms with Crippen LogP contribution in [0.3, 0.4) is 0 Å². The van der Waals surface area contributed by atoms with Gasteiger partial charge in [-0.1, -0.05) is 6.07 Å². The van der Waals surface area contributed by atoms with Crippen molar-refractivity contribution in [1.29, 1.82) is 5.26 Å². The van der Waals surface area contributed by atoms with Crippen molar-refractivity contribution in [3.63, 3.8) is 0 Å². The fourth-order valence-corrected chi connectivity index (χ4v) is 2.44. The van der Waals surface area contributed by atoms with Crippen LogP contribution in [-0.4, -0.2) is 12.6 Å². The van der Waals surface area contributed by atoms with E-state index < -0.39 is 5.92 Å². The Hall–Kier alpha value is -2.26. The second-order valence-corrected chi connectivity index (χ2v) is 4.87. The molecule has 1 unspecified atom stereocenters. The topological polar surface area (TPSA) is 72.5 Å². The maximum absolute atomic E-state index is 12.4. The first-order valence-electron chi connectivity index (χ1n) is 5.77. The summed E-state index contributed by atoms with van der Waals surface area (Å²) < 4.78 is 15.8.